The van der Waals surface area contributed by atoms with Crippen LogP contribution in [0.3, 0.4) is 0 Å². The van der Waals surface area contributed by atoms with Gasteiger partial charge in [-0.15, -0.1) is 11.3 Å². The van der Waals surface area contributed by atoms with Crippen LogP contribution in [0.25, 0.3) is 10.1 Å². The topological polar surface area (TPSA) is 26.0 Å². The molecule has 0 spiro atoms. The van der Waals surface area contributed by atoms with Crippen LogP contribution in [0.2, 0.25) is 0 Å². The first-order valence-corrected chi connectivity index (χ1v) is 6.76. The number of thiophene rings is 1. The van der Waals surface area contributed by atoms with Gasteiger partial charge in [-0.25, -0.2) is 0 Å². The van der Waals surface area contributed by atoms with Gasteiger partial charge in [-0.05, 0) is 46.4 Å². The molecule has 0 atom stereocenters. The molecule has 1 nitrogen and oxygen atoms in total. The molecule has 0 unspecified atom stereocenters. The fourth-order valence-electron chi connectivity index (χ4n) is 1.25. The minimum Gasteiger partial charge on any atom is -0.391 e. The Morgan fingerprint density at radius 1 is 1.38 bits per heavy atom. The van der Waals surface area contributed by atoms with Crippen LogP contribution in [-0.2, 0) is 5.33 Å². The highest BCUT2D eigenvalue weighted by Gasteiger charge is 2.04. The summed E-state index contributed by atoms with van der Waals surface area (Å²) < 4.78 is 2.55. The molecule has 1 aromatic heterocycles. The average Bonchev–Trinajstić information content (AvgIpc) is 2.46. The Balaban J connectivity index is 2.75. The molecule has 0 aliphatic heterocycles. The highest BCUT2D eigenvalue weighted by molar-refractivity contribution is 14.1. The SMILES string of the molecule is Nc1cc2c(I)cc(CBr)cc2s1. The lowest BCUT2D eigenvalue weighted by atomic mass is 10.2. The van der Waals surface area contributed by atoms with Crippen LogP contribution in [-0.4, -0.2) is 0 Å². The Morgan fingerprint density at radius 3 is 2.85 bits per heavy atom. The number of benzene rings is 1. The van der Waals surface area contributed by atoms with E-state index in [4.69, 9.17) is 5.73 Å². The summed E-state index contributed by atoms with van der Waals surface area (Å²) in [6.07, 6.45) is 0. The summed E-state index contributed by atoms with van der Waals surface area (Å²) in [6, 6.07) is 6.41. The summed E-state index contributed by atoms with van der Waals surface area (Å²) >= 11 is 7.45. The largest absolute Gasteiger partial charge is 0.391 e. The maximum absolute atomic E-state index is 5.75. The first-order chi connectivity index (χ1) is 6.20. The molecule has 13 heavy (non-hydrogen) atoms. The fraction of sp³-hybridized carbons (Fsp3) is 0.111. The van der Waals surface area contributed by atoms with E-state index in [9.17, 15) is 0 Å². The van der Waals surface area contributed by atoms with Gasteiger partial charge in [0.15, 0.2) is 0 Å². The van der Waals surface area contributed by atoms with E-state index < -0.39 is 0 Å². The normalized spacial score (nSPS) is 10.9. The molecule has 68 valence electrons. The molecule has 0 aliphatic rings. The predicted octanol–water partition coefficient (Wildman–Crippen LogP) is 3.98. The van der Waals surface area contributed by atoms with Crippen LogP contribution in [0.1, 0.15) is 5.56 Å². The third-order valence-electron chi connectivity index (χ3n) is 1.82. The number of hydrogen-bond donors (Lipinski definition) is 1. The molecule has 2 N–H and O–H groups in total. The molecule has 2 rings (SSSR count). The third kappa shape index (κ3) is 1.85. The lowest BCUT2D eigenvalue weighted by Crippen LogP contribution is -1.79. The summed E-state index contributed by atoms with van der Waals surface area (Å²) in [5, 5.41) is 3.06. The van der Waals surface area contributed by atoms with Crippen molar-refractivity contribution in [3.05, 3.63) is 27.3 Å². The van der Waals surface area contributed by atoms with Crippen molar-refractivity contribution in [3.8, 4) is 0 Å². The van der Waals surface area contributed by atoms with Gasteiger partial charge in [0.1, 0.15) is 0 Å². The van der Waals surface area contributed by atoms with E-state index in [0.29, 0.717) is 0 Å². The Hall–Kier alpha value is 0.190. The second-order valence-corrected chi connectivity index (χ2v) is 5.61. The van der Waals surface area contributed by atoms with E-state index in [1.807, 2.05) is 6.07 Å². The number of alkyl halides is 1. The van der Waals surface area contributed by atoms with Gasteiger partial charge in [0, 0.05) is 19.0 Å². The maximum atomic E-state index is 5.75. The van der Waals surface area contributed by atoms with Crippen molar-refractivity contribution >= 4 is 64.9 Å². The van der Waals surface area contributed by atoms with Crippen LogP contribution in [0.4, 0.5) is 5.00 Å². The molecule has 0 amide bonds. The molecule has 1 aromatic carbocycles. The van der Waals surface area contributed by atoms with E-state index in [1.165, 1.54) is 19.2 Å². The first-order valence-electron chi connectivity index (χ1n) is 3.74. The molecule has 0 bridgehead atoms. The average molecular weight is 368 g/mol. The number of rotatable bonds is 1. The van der Waals surface area contributed by atoms with Crippen molar-refractivity contribution in [3.63, 3.8) is 0 Å². The minimum atomic E-state index is 0.889. The van der Waals surface area contributed by atoms with Crippen LogP contribution in [0, 0.1) is 3.57 Å². The quantitative estimate of drug-likeness (QED) is 0.598. The van der Waals surface area contributed by atoms with Crippen molar-refractivity contribution in [2.75, 3.05) is 5.73 Å². The highest BCUT2D eigenvalue weighted by Crippen LogP contribution is 2.32. The molecule has 0 fully saturated rings. The van der Waals surface area contributed by atoms with Gasteiger partial charge in [0.25, 0.3) is 0 Å². The van der Waals surface area contributed by atoms with E-state index in [1.54, 1.807) is 11.3 Å². The molecule has 2 aromatic rings. The maximum Gasteiger partial charge on any atom is 0.0869 e. The number of anilines is 1. The Kier molecular flexibility index (Phi) is 2.80. The minimum absolute atomic E-state index is 0.889. The van der Waals surface area contributed by atoms with E-state index in [2.05, 4.69) is 50.7 Å². The summed E-state index contributed by atoms with van der Waals surface area (Å²) in [4.78, 5) is 0. The second-order valence-electron chi connectivity index (χ2n) is 2.77. The summed E-state index contributed by atoms with van der Waals surface area (Å²) in [5.74, 6) is 0. The van der Waals surface area contributed by atoms with Crippen LogP contribution < -0.4 is 5.73 Å². The smallest absolute Gasteiger partial charge is 0.0869 e. The first kappa shape index (κ1) is 9.73. The third-order valence-corrected chi connectivity index (χ3v) is 4.27. The zero-order valence-electron chi connectivity index (χ0n) is 6.68. The van der Waals surface area contributed by atoms with Crippen molar-refractivity contribution in [2.45, 2.75) is 5.33 Å². The number of hydrogen-bond acceptors (Lipinski definition) is 2. The monoisotopic (exact) mass is 367 g/mol. The molecular weight excluding hydrogens is 361 g/mol. The molecule has 4 heteroatoms. The molecule has 0 saturated carbocycles. The number of nitrogen functional groups attached to an aromatic ring is 1. The standard InChI is InChI=1S/C9H7BrINS/c10-4-5-1-7(11)6-3-9(12)13-8(6)2-5/h1-3H,4,12H2. The van der Waals surface area contributed by atoms with Crippen LogP contribution in [0.15, 0.2) is 18.2 Å². The van der Waals surface area contributed by atoms with Crippen molar-refractivity contribution in [1.29, 1.82) is 0 Å². The molecule has 0 saturated heterocycles. The Bertz CT molecular complexity index is 452. The van der Waals surface area contributed by atoms with Gasteiger partial charge in [0.2, 0.25) is 0 Å². The van der Waals surface area contributed by atoms with Gasteiger partial charge in [-0.2, -0.15) is 0 Å². The fourth-order valence-corrected chi connectivity index (χ4v) is 3.52. The zero-order chi connectivity index (χ0) is 9.42. The second kappa shape index (κ2) is 3.74. The van der Waals surface area contributed by atoms with Gasteiger partial charge in [-0.1, -0.05) is 15.9 Å². The highest BCUT2D eigenvalue weighted by atomic mass is 127. The van der Waals surface area contributed by atoms with E-state index in [-0.39, 0.29) is 0 Å². The summed E-state index contributed by atoms with van der Waals surface area (Å²) in [6.45, 7) is 0. The van der Waals surface area contributed by atoms with Gasteiger partial charge in [0.05, 0.1) is 5.00 Å². The van der Waals surface area contributed by atoms with Crippen molar-refractivity contribution in [1.82, 2.24) is 0 Å². The molecule has 1 heterocycles. The van der Waals surface area contributed by atoms with Gasteiger partial charge in [-0.3, -0.25) is 0 Å². The van der Waals surface area contributed by atoms with Gasteiger partial charge < -0.3 is 5.73 Å². The molecular formula is C9H7BrINS. The van der Waals surface area contributed by atoms with Crippen LogP contribution >= 0.6 is 49.9 Å². The van der Waals surface area contributed by atoms with Crippen molar-refractivity contribution < 1.29 is 0 Å². The molecule has 0 aliphatic carbocycles. The predicted molar refractivity (Wildman–Crippen MR) is 71.6 cm³/mol. The number of nitrogens with two attached hydrogens (primary N) is 1. The number of halogens is 2. The lowest BCUT2D eigenvalue weighted by Gasteiger charge is -1.98. The van der Waals surface area contributed by atoms with Gasteiger partial charge >= 0.3 is 0 Å². The zero-order valence-corrected chi connectivity index (χ0v) is 11.2. The van der Waals surface area contributed by atoms with E-state index in [0.717, 1.165) is 10.3 Å². The lowest BCUT2D eigenvalue weighted by molar-refractivity contribution is 1.46. The Labute approximate surface area is 103 Å². The summed E-state index contributed by atoms with van der Waals surface area (Å²) in [7, 11) is 0. The number of fused-ring (bicyclic) bond motifs is 1. The van der Waals surface area contributed by atoms with Crippen molar-refractivity contribution in [2.24, 2.45) is 0 Å². The Morgan fingerprint density at radius 2 is 2.15 bits per heavy atom. The van der Waals surface area contributed by atoms with E-state index >= 15 is 0 Å². The van der Waals surface area contributed by atoms with Crippen LogP contribution in [0.5, 0.6) is 0 Å². The summed E-state index contributed by atoms with van der Waals surface area (Å²) in [5.41, 5.74) is 7.06. The molecule has 0 radical (unpaired) electrons.